The second-order valence-corrected chi connectivity index (χ2v) is 4.03. The summed E-state index contributed by atoms with van der Waals surface area (Å²) < 4.78 is 5.32. The summed E-state index contributed by atoms with van der Waals surface area (Å²) in [5.74, 6) is 0. The van der Waals surface area contributed by atoms with Crippen molar-refractivity contribution < 1.29 is 4.52 Å². The monoisotopic (exact) mass is 174 g/mol. The van der Waals surface area contributed by atoms with Crippen LogP contribution in [0.1, 0.15) is 20.3 Å². The number of hydrogen-bond donors (Lipinski definition) is 1. The highest BCUT2D eigenvalue weighted by molar-refractivity contribution is 7.49. The second-order valence-electron chi connectivity index (χ2n) is 2.52. The Hall–Kier alpha value is -0.160. The Labute approximate surface area is 69.6 Å². The van der Waals surface area contributed by atoms with Crippen molar-refractivity contribution in [2.75, 3.05) is 13.3 Å². The van der Waals surface area contributed by atoms with Crippen LogP contribution in [0.4, 0.5) is 0 Å². The molecule has 0 heterocycles. The third-order valence-corrected chi connectivity index (χ3v) is 2.39. The Morgan fingerprint density at radius 2 is 2.27 bits per heavy atom. The lowest BCUT2D eigenvalue weighted by atomic mass is 10.4. The van der Waals surface area contributed by atoms with Crippen LogP contribution < -0.4 is 5.09 Å². The fourth-order valence-electron chi connectivity index (χ4n) is 0.629. The summed E-state index contributed by atoms with van der Waals surface area (Å²) in [5, 5.41) is 11.5. The molecular weight excluding hydrogens is 159 g/mol. The summed E-state index contributed by atoms with van der Waals surface area (Å²) >= 11 is 0. The lowest BCUT2D eigenvalue weighted by molar-refractivity contribution is 0.356. The van der Waals surface area contributed by atoms with Crippen LogP contribution in [0, 0.1) is 11.3 Å². The summed E-state index contributed by atoms with van der Waals surface area (Å²) in [5.41, 5.74) is 0. The third-order valence-electron chi connectivity index (χ3n) is 0.939. The second kappa shape index (κ2) is 6.54. The molecule has 0 aliphatic carbocycles. The molecule has 1 unspecified atom stereocenters. The van der Waals surface area contributed by atoms with Gasteiger partial charge in [0.15, 0.2) is 0 Å². The zero-order valence-corrected chi connectivity index (χ0v) is 8.19. The molecular formula is C7H15N2OP. The lowest BCUT2D eigenvalue weighted by Crippen LogP contribution is -2.17. The van der Waals surface area contributed by atoms with Crippen LogP contribution in [-0.4, -0.2) is 19.3 Å². The van der Waals surface area contributed by atoms with E-state index in [1.807, 2.05) is 12.7 Å². The van der Waals surface area contributed by atoms with E-state index in [4.69, 9.17) is 9.79 Å². The van der Waals surface area contributed by atoms with Gasteiger partial charge in [-0.1, -0.05) is 0 Å². The van der Waals surface area contributed by atoms with E-state index in [0.29, 0.717) is 19.1 Å². The first-order valence-electron chi connectivity index (χ1n) is 3.66. The van der Waals surface area contributed by atoms with E-state index in [1.165, 1.54) is 0 Å². The molecule has 0 aliphatic rings. The van der Waals surface area contributed by atoms with Crippen LogP contribution in [0.15, 0.2) is 0 Å². The highest BCUT2D eigenvalue weighted by Crippen LogP contribution is 2.26. The predicted octanol–water partition coefficient (Wildman–Crippen LogP) is 1.86. The molecule has 4 heteroatoms. The van der Waals surface area contributed by atoms with Crippen LogP contribution in [0.2, 0.25) is 0 Å². The van der Waals surface area contributed by atoms with Crippen molar-refractivity contribution in [1.29, 1.82) is 5.26 Å². The summed E-state index contributed by atoms with van der Waals surface area (Å²) in [4.78, 5) is 0. The minimum absolute atomic E-state index is 0.452. The number of hydrogen-bond acceptors (Lipinski definition) is 3. The van der Waals surface area contributed by atoms with Gasteiger partial charge >= 0.3 is 0 Å². The van der Waals surface area contributed by atoms with Gasteiger partial charge in [0.1, 0.15) is 0 Å². The van der Waals surface area contributed by atoms with Crippen molar-refractivity contribution in [3.63, 3.8) is 0 Å². The summed E-state index contributed by atoms with van der Waals surface area (Å²) in [7, 11) is -0.533. The minimum Gasteiger partial charge on any atom is -0.343 e. The van der Waals surface area contributed by atoms with E-state index in [1.54, 1.807) is 0 Å². The fourth-order valence-corrected chi connectivity index (χ4v) is 1.80. The lowest BCUT2D eigenvalue weighted by Gasteiger charge is -2.15. The van der Waals surface area contributed by atoms with Gasteiger partial charge in [0.25, 0.3) is 0 Å². The molecule has 0 spiro atoms. The minimum atomic E-state index is -0.533. The Morgan fingerprint density at radius 1 is 1.64 bits per heavy atom. The molecule has 0 aromatic rings. The number of nitrogens with zero attached hydrogens (tertiary/aromatic N) is 1. The van der Waals surface area contributed by atoms with E-state index in [9.17, 15) is 0 Å². The normalized spacial score (nSPS) is 13.0. The van der Waals surface area contributed by atoms with Crippen molar-refractivity contribution in [1.82, 2.24) is 5.09 Å². The zero-order valence-electron chi connectivity index (χ0n) is 7.29. The average Bonchev–Trinajstić information content (AvgIpc) is 1.86. The fraction of sp³-hybridized carbons (Fsp3) is 0.857. The molecule has 1 N–H and O–H groups in total. The van der Waals surface area contributed by atoms with Gasteiger partial charge in [0.05, 0.1) is 27.4 Å². The molecule has 11 heavy (non-hydrogen) atoms. The maximum Gasteiger partial charge on any atom is 0.0981 e. The summed E-state index contributed by atoms with van der Waals surface area (Å²) in [6.45, 7) is 6.70. The van der Waals surface area contributed by atoms with Crippen molar-refractivity contribution in [2.45, 2.75) is 26.3 Å². The zero-order chi connectivity index (χ0) is 8.69. The SMILES string of the molecule is CC(C)NP(C)OCCC#N. The van der Waals surface area contributed by atoms with Gasteiger partial charge in [0.2, 0.25) is 0 Å². The largest absolute Gasteiger partial charge is 0.343 e. The van der Waals surface area contributed by atoms with Crippen LogP contribution in [0.5, 0.6) is 0 Å². The summed E-state index contributed by atoms with van der Waals surface area (Å²) in [6.07, 6.45) is 0.479. The standard InChI is InChI=1S/C7H15N2OP/c1-7(2)9-11(3)10-6-4-5-8/h7,9H,4,6H2,1-3H3. The molecule has 0 aromatic heterocycles. The van der Waals surface area contributed by atoms with E-state index < -0.39 is 8.30 Å². The smallest absolute Gasteiger partial charge is 0.0981 e. The van der Waals surface area contributed by atoms with Crippen LogP contribution in [0.25, 0.3) is 0 Å². The van der Waals surface area contributed by atoms with Crippen molar-refractivity contribution in [3.05, 3.63) is 0 Å². The van der Waals surface area contributed by atoms with Gasteiger partial charge in [-0.2, -0.15) is 5.26 Å². The van der Waals surface area contributed by atoms with Gasteiger partial charge in [-0.3, -0.25) is 5.09 Å². The Bertz CT molecular complexity index is 133. The molecule has 1 atom stereocenters. The van der Waals surface area contributed by atoms with Crippen molar-refractivity contribution in [3.8, 4) is 6.07 Å². The Kier molecular flexibility index (Phi) is 6.45. The summed E-state index contributed by atoms with van der Waals surface area (Å²) in [6, 6.07) is 2.49. The van der Waals surface area contributed by atoms with Crippen molar-refractivity contribution in [2.24, 2.45) is 0 Å². The third kappa shape index (κ3) is 7.74. The molecule has 0 rings (SSSR count). The molecule has 0 bridgehead atoms. The molecule has 0 saturated heterocycles. The molecule has 0 saturated carbocycles. The van der Waals surface area contributed by atoms with Gasteiger partial charge in [0, 0.05) is 6.04 Å². The van der Waals surface area contributed by atoms with Crippen LogP contribution >= 0.6 is 8.30 Å². The maximum atomic E-state index is 8.22. The number of nitrogens with one attached hydrogen (secondary N) is 1. The molecule has 0 aromatic carbocycles. The Balaban J connectivity index is 3.24. The molecule has 3 nitrogen and oxygen atoms in total. The maximum absolute atomic E-state index is 8.22. The highest BCUT2D eigenvalue weighted by atomic mass is 31.2. The van der Waals surface area contributed by atoms with E-state index >= 15 is 0 Å². The quantitative estimate of drug-likeness (QED) is 0.511. The molecule has 0 radical (unpaired) electrons. The van der Waals surface area contributed by atoms with E-state index in [0.717, 1.165) is 0 Å². The van der Waals surface area contributed by atoms with Gasteiger partial charge in [-0.25, -0.2) is 0 Å². The van der Waals surface area contributed by atoms with Gasteiger partial charge in [-0.15, -0.1) is 0 Å². The molecule has 0 amide bonds. The average molecular weight is 174 g/mol. The molecule has 64 valence electrons. The predicted molar refractivity (Wildman–Crippen MR) is 47.3 cm³/mol. The van der Waals surface area contributed by atoms with Crippen LogP contribution in [-0.2, 0) is 4.52 Å². The van der Waals surface area contributed by atoms with Crippen LogP contribution in [0.3, 0.4) is 0 Å². The topological polar surface area (TPSA) is 45.0 Å². The first-order chi connectivity index (χ1) is 5.16. The first kappa shape index (κ1) is 10.8. The Morgan fingerprint density at radius 3 is 2.73 bits per heavy atom. The van der Waals surface area contributed by atoms with Gasteiger partial charge in [-0.05, 0) is 20.5 Å². The first-order valence-corrected chi connectivity index (χ1v) is 5.37. The molecule has 0 aliphatic heterocycles. The van der Waals surface area contributed by atoms with Gasteiger partial charge < -0.3 is 4.52 Å². The number of rotatable bonds is 5. The molecule has 0 fully saturated rings. The number of nitriles is 1. The highest BCUT2D eigenvalue weighted by Gasteiger charge is 2.01. The van der Waals surface area contributed by atoms with E-state index in [2.05, 4.69) is 18.9 Å². The van der Waals surface area contributed by atoms with Crippen molar-refractivity contribution >= 4 is 8.30 Å². The van der Waals surface area contributed by atoms with E-state index in [-0.39, 0.29) is 0 Å².